The van der Waals surface area contributed by atoms with Crippen LogP contribution < -0.4 is 15.0 Å². The van der Waals surface area contributed by atoms with E-state index in [4.69, 9.17) is 9.47 Å². The molecule has 0 bridgehead atoms. The number of fused-ring (bicyclic) bond motifs is 2. The van der Waals surface area contributed by atoms with Crippen LogP contribution in [0.5, 0.6) is 11.5 Å². The third kappa shape index (κ3) is 3.38. The molecule has 1 aromatic carbocycles. The Morgan fingerprint density at radius 3 is 3.00 bits per heavy atom. The molecule has 25 heavy (non-hydrogen) atoms. The summed E-state index contributed by atoms with van der Waals surface area (Å²) in [7, 11) is 0. The van der Waals surface area contributed by atoms with E-state index < -0.39 is 0 Å². The maximum atomic E-state index is 12.1. The van der Waals surface area contributed by atoms with Gasteiger partial charge in [0, 0.05) is 6.54 Å². The summed E-state index contributed by atoms with van der Waals surface area (Å²) in [5, 5.41) is 1.89. The fourth-order valence-electron chi connectivity index (χ4n) is 2.95. The first kappa shape index (κ1) is 16.1. The van der Waals surface area contributed by atoms with E-state index in [0.717, 1.165) is 23.6 Å². The number of nitrogens with zero attached hydrogens (tertiary/aromatic N) is 2. The molecule has 2 aromatic heterocycles. The molecule has 1 N–H and O–H groups in total. The van der Waals surface area contributed by atoms with Gasteiger partial charge in [-0.3, -0.25) is 9.69 Å². The summed E-state index contributed by atoms with van der Waals surface area (Å²) in [5.41, 5.74) is 0.684. The van der Waals surface area contributed by atoms with Gasteiger partial charge in [-0.05, 0) is 30.1 Å². The molecule has 0 saturated carbocycles. The van der Waals surface area contributed by atoms with Gasteiger partial charge in [0.25, 0.3) is 5.56 Å². The summed E-state index contributed by atoms with van der Waals surface area (Å²) >= 11 is 1.41. The Balaban J connectivity index is 1.46. The van der Waals surface area contributed by atoms with Crippen LogP contribution in [0.3, 0.4) is 0 Å². The lowest BCUT2D eigenvalue weighted by Crippen LogP contribution is -2.41. The Labute approximate surface area is 149 Å². The SMILES string of the molecule is CCN(Cc1nc2ccsc2c(=O)[nH]1)C[C@H]1COc2ccccc2O1. The van der Waals surface area contributed by atoms with Crippen LogP contribution in [0.4, 0.5) is 0 Å². The Morgan fingerprint density at radius 2 is 2.16 bits per heavy atom. The average Bonchev–Trinajstić information content (AvgIpc) is 3.10. The van der Waals surface area contributed by atoms with E-state index in [1.54, 1.807) is 0 Å². The second-order valence-electron chi connectivity index (χ2n) is 5.97. The van der Waals surface area contributed by atoms with Crippen molar-refractivity contribution in [3.8, 4) is 11.5 Å². The maximum absolute atomic E-state index is 12.1. The monoisotopic (exact) mass is 357 g/mol. The third-order valence-electron chi connectivity index (χ3n) is 4.21. The molecular weight excluding hydrogens is 338 g/mol. The van der Waals surface area contributed by atoms with Gasteiger partial charge in [-0.15, -0.1) is 11.3 Å². The number of aromatic nitrogens is 2. The van der Waals surface area contributed by atoms with E-state index in [9.17, 15) is 4.79 Å². The molecule has 6 nitrogen and oxygen atoms in total. The van der Waals surface area contributed by atoms with Crippen molar-refractivity contribution in [2.45, 2.75) is 19.6 Å². The summed E-state index contributed by atoms with van der Waals surface area (Å²) in [6.07, 6.45) is -0.0496. The molecular formula is C18H19N3O3S. The van der Waals surface area contributed by atoms with Gasteiger partial charge in [-0.2, -0.15) is 0 Å². The van der Waals surface area contributed by atoms with E-state index in [2.05, 4.69) is 21.8 Å². The lowest BCUT2D eigenvalue weighted by Gasteiger charge is -2.30. The summed E-state index contributed by atoms with van der Waals surface area (Å²) < 4.78 is 12.5. The van der Waals surface area contributed by atoms with Gasteiger partial charge < -0.3 is 14.5 Å². The number of thiophene rings is 1. The third-order valence-corrected chi connectivity index (χ3v) is 5.12. The number of H-pyrrole nitrogens is 1. The second kappa shape index (κ2) is 6.85. The van der Waals surface area contributed by atoms with E-state index in [1.165, 1.54) is 11.3 Å². The number of hydrogen-bond acceptors (Lipinski definition) is 6. The number of benzene rings is 1. The Hall–Kier alpha value is -2.38. The fraction of sp³-hybridized carbons (Fsp3) is 0.333. The highest BCUT2D eigenvalue weighted by Crippen LogP contribution is 2.31. The van der Waals surface area contributed by atoms with Crippen molar-refractivity contribution < 1.29 is 9.47 Å². The molecule has 0 unspecified atom stereocenters. The van der Waals surface area contributed by atoms with Crippen LogP contribution in [-0.2, 0) is 6.54 Å². The van der Waals surface area contributed by atoms with Gasteiger partial charge in [0.05, 0.1) is 12.1 Å². The number of aromatic amines is 1. The van der Waals surface area contributed by atoms with Gasteiger partial charge in [0.2, 0.25) is 0 Å². The van der Waals surface area contributed by atoms with Crippen LogP contribution in [0, 0.1) is 0 Å². The van der Waals surface area contributed by atoms with Gasteiger partial charge >= 0.3 is 0 Å². The molecule has 130 valence electrons. The van der Waals surface area contributed by atoms with Crippen molar-refractivity contribution in [1.82, 2.24) is 14.9 Å². The molecule has 0 fully saturated rings. The summed E-state index contributed by atoms with van der Waals surface area (Å²) in [5.74, 6) is 2.24. The quantitative estimate of drug-likeness (QED) is 0.760. The highest BCUT2D eigenvalue weighted by molar-refractivity contribution is 7.17. The number of para-hydroxylation sites is 2. The summed E-state index contributed by atoms with van der Waals surface area (Å²) in [4.78, 5) is 21.7. The zero-order chi connectivity index (χ0) is 17.2. The number of rotatable bonds is 5. The van der Waals surface area contributed by atoms with Crippen molar-refractivity contribution in [3.63, 3.8) is 0 Å². The van der Waals surface area contributed by atoms with Crippen molar-refractivity contribution in [2.24, 2.45) is 0 Å². The zero-order valence-corrected chi connectivity index (χ0v) is 14.7. The molecule has 1 atom stereocenters. The standard InChI is InChI=1S/C18H19N3O3S/c1-2-21(9-12-11-23-14-5-3-4-6-15(14)24-12)10-16-19-13-7-8-25-17(13)18(22)20-16/h3-8,12H,2,9-11H2,1H3,(H,19,20,22)/t12-/m0/s1. The van der Waals surface area contributed by atoms with Crippen molar-refractivity contribution in [3.05, 3.63) is 51.9 Å². The van der Waals surface area contributed by atoms with E-state index in [0.29, 0.717) is 30.2 Å². The van der Waals surface area contributed by atoms with E-state index in [-0.39, 0.29) is 11.7 Å². The normalized spacial score (nSPS) is 16.5. The fourth-order valence-corrected chi connectivity index (χ4v) is 3.68. The van der Waals surface area contributed by atoms with E-state index >= 15 is 0 Å². The smallest absolute Gasteiger partial charge is 0.268 e. The Bertz CT molecular complexity index is 936. The number of ether oxygens (including phenoxy) is 2. The maximum Gasteiger partial charge on any atom is 0.268 e. The largest absolute Gasteiger partial charge is 0.486 e. The van der Waals surface area contributed by atoms with Gasteiger partial charge in [-0.25, -0.2) is 4.98 Å². The molecule has 0 amide bonds. The Kier molecular flexibility index (Phi) is 4.42. The first-order valence-electron chi connectivity index (χ1n) is 8.30. The topological polar surface area (TPSA) is 67.5 Å². The highest BCUT2D eigenvalue weighted by atomic mass is 32.1. The zero-order valence-electron chi connectivity index (χ0n) is 13.9. The molecule has 4 rings (SSSR count). The summed E-state index contributed by atoms with van der Waals surface area (Å²) in [6, 6.07) is 9.58. The highest BCUT2D eigenvalue weighted by Gasteiger charge is 2.23. The molecule has 0 radical (unpaired) electrons. The van der Waals surface area contributed by atoms with Crippen molar-refractivity contribution in [1.29, 1.82) is 0 Å². The molecule has 3 aromatic rings. The van der Waals surface area contributed by atoms with E-state index in [1.807, 2.05) is 35.7 Å². The Morgan fingerprint density at radius 1 is 1.32 bits per heavy atom. The number of nitrogens with one attached hydrogen (secondary N) is 1. The van der Waals surface area contributed by atoms with Crippen LogP contribution in [0.1, 0.15) is 12.7 Å². The predicted molar refractivity (Wildman–Crippen MR) is 97.5 cm³/mol. The molecule has 1 aliphatic rings. The number of likely N-dealkylation sites (N-methyl/N-ethyl adjacent to an activating group) is 1. The predicted octanol–water partition coefficient (Wildman–Crippen LogP) is 2.65. The van der Waals surface area contributed by atoms with Crippen LogP contribution in [0.25, 0.3) is 10.2 Å². The molecule has 1 aliphatic heterocycles. The second-order valence-corrected chi connectivity index (χ2v) is 6.89. The minimum Gasteiger partial charge on any atom is -0.486 e. The molecule has 0 spiro atoms. The lowest BCUT2D eigenvalue weighted by atomic mass is 10.2. The van der Waals surface area contributed by atoms with Crippen LogP contribution in [-0.4, -0.2) is 40.7 Å². The van der Waals surface area contributed by atoms with Gasteiger partial charge in [-0.1, -0.05) is 19.1 Å². The lowest BCUT2D eigenvalue weighted by molar-refractivity contribution is 0.0573. The van der Waals surface area contributed by atoms with Crippen molar-refractivity contribution >= 4 is 21.6 Å². The summed E-state index contributed by atoms with van der Waals surface area (Å²) in [6.45, 7) is 4.70. The number of hydrogen-bond donors (Lipinski definition) is 1. The molecule has 3 heterocycles. The van der Waals surface area contributed by atoms with Gasteiger partial charge in [0.1, 0.15) is 23.2 Å². The molecule has 0 saturated heterocycles. The minimum absolute atomic E-state index is 0.0496. The van der Waals surface area contributed by atoms with Crippen LogP contribution >= 0.6 is 11.3 Å². The van der Waals surface area contributed by atoms with Crippen molar-refractivity contribution in [2.75, 3.05) is 19.7 Å². The average molecular weight is 357 g/mol. The van der Waals surface area contributed by atoms with Gasteiger partial charge in [0.15, 0.2) is 11.5 Å². The minimum atomic E-state index is -0.0720. The molecule has 0 aliphatic carbocycles. The van der Waals surface area contributed by atoms with Crippen LogP contribution in [0.2, 0.25) is 0 Å². The first-order valence-corrected chi connectivity index (χ1v) is 9.18. The van der Waals surface area contributed by atoms with Crippen LogP contribution in [0.15, 0.2) is 40.5 Å². The first-order chi connectivity index (χ1) is 12.2. The molecule has 7 heteroatoms.